The van der Waals surface area contributed by atoms with Crippen molar-refractivity contribution < 1.29 is 23.6 Å². The molecule has 0 saturated carbocycles. The standard InChI is InChI=1S/C37H32N4O5S2/c1-24(2)19-22-41-35(44)31(47-37(41)45)23-28-17-18-32(46-28)48-36-39-29-11-6-7-12-30(29)40(36)21-8-20-38-34(43)27-15-13-26(14-16-27)33(42)25-9-4-3-5-10-25/h3-7,9-18,23H,1,8,19-22H2,2H3,(H,38,43)/b31-23-. The first-order valence-electron chi connectivity index (χ1n) is 15.4. The summed E-state index contributed by atoms with van der Waals surface area (Å²) >= 11 is 2.26. The van der Waals surface area contributed by atoms with Crippen molar-refractivity contribution in [1.82, 2.24) is 19.8 Å². The Bertz CT molecular complexity index is 2050. The van der Waals surface area contributed by atoms with E-state index in [-0.39, 0.29) is 22.8 Å². The number of amides is 3. The van der Waals surface area contributed by atoms with E-state index in [1.165, 1.54) is 16.7 Å². The van der Waals surface area contributed by atoms with Crippen LogP contribution in [0, 0.1) is 0 Å². The van der Waals surface area contributed by atoms with Gasteiger partial charge in [0, 0.05) is 42.4 Å². The third-order valence-corrected chi connectivity index (χ3v) is 9.43. The van der Waals surface area contributed by atoms with Crippen LogP contribution < -0.4 is 5.32 Å². The Morgan fingerprint density at radius 3 is 2.40 bits per heavy atom. The van der Waals surface area contributed by atoms with E-state index in [0.717, 1.165) is 33.5 Å². The van der Waals surface area contributed by atoms with Crippen LogP contribution in [0.3, 0.4) is 0 Å². The molecule has 0 spiro atoms. The fourth-order valence-electron chi connectivity index (χ4n) is 5.10. The second kappa shape index (κ2) is 14.7. The molecule has 1 N–H and O–H groups in total. The molecule has 1 aliphatic rings. The minimum absolute atomic E-state index is 0.0905. The van der Waals surface area contributed by atoms with E-state index in [9.17, 15) is 19.2 Å². The third-order valence-electron chi connectivity index (χ3n) is 7.61. The lowest BCUT2D eigenvalue weighted by molar-refractivity contribution is -0.122. The highest BCUT2D eigenvalue weighted by Crippen LogP contribution is 2.35. The number of hydrogen-bond donors (Lipinski definition) is 1. The maximum Gasteiger partial charge on any atom is 0.293 e. The highest BCUT2D eigenvalue weighted by molar-refractivity contribution is 8.18. The molecule has 11 heteroatoms. The van der Waals surface area contributed by atoms with Crippen molar-refractivity contribution in [3.8, 4) is 0 Å². The molecule has 0 aliphatic carbocycles. The van der Waals surface area contributed by atoms with Crippen molar-refractivity contribution in [2.24, 2.45) is 0 Å². The van der Waals surface area contributed by atoms with Crippen LogP contribution >= 0.6 is 23.5 Å². The Morgan fingerprint density at radius 1 is 0.917 bits per heavy atom. The average molecular weight is 677 g/mol. The monoisotopic (exact) mass is 676 g/mol. The second-order valence-corrected chi connectivity index (χ2v) is 13.2. The molecule has 3 amide bonds. The molecule has 0 atom stereocenters. The number of carbonyl (C=O) groups excluding carboxylic acids is 4. The number of furan rings is 1. The van der Waals surface area contributed by atoms with E-state index in [0.29, 0.717) is 64.9 Å². The molecule has 2 aromatic heterocycles. The molecule has 1 saturated heterocycles. The van der Waals surface area contributed by atoms with Crippen LogP contribution in [0.25, 0.3) is 17.1 Å². The van der Waals surface area contributed by atoms with Gasteiger partial charge in [0.05, 0.1) is 15.9 Å². The van der Waals surface area contributed by atoms with E-state index >= 15 is 0 Å². The maximum atomic E-state index is 12.8. The van der Waals surface area contributed by atoms with Gasteiger partial charge in [0.15, 0.2) is 16.0 Å². The van der Waals surface area contributed by atoms with Crippen LogP contribution in [0.1, 0.15) is 51.8 Å². The maximum absolute atomic E-state index is 12.8. The molecule has 9 nitrogen and oxygen atoms in total. The Labute approximate surface area is 286 Å². The van der Waals surface area contributed by atoms with E-state index in [1.807, 2.05) is 55.5 Å². The zero-order chi connectivity index (χ0) is 33.6. The summed E-state index contributed by atoms with van der Waals surface area (Å²) in [7, 11) is 0. The van der Waals surface area contributed by atoms with Gasteiger partial charge in [-0.25, -0.2) is 4.98 Å². The van der Waals surface area contributed by atoms with Crippen molar-refractivity contribution in [2.75, 3.05) is 13.1 Å². The predicted molar refractivity (Wildman–Crippen MR) is 188 cm³/mol. The van der Waals surface area contributed by atoms with Crippen LogP contribution in [-0.2, 0) is 11.3 Å². The normalized spacial score (nSPS) is 13.9. The fourth-order valence-corrected chi connectivity index (χ4v) is 6.84. The van der Waals surface area contributed by atoms with Crippen LogP contribution in [0.5, 0.6) is 0 Å². The zero-order valence-corrected chi connectivity index (χ0v) is 27.8. The summed E-state index contributed by atoms with van der Waals surface area (Å²) in [5, 5.41) is 3.98. The summed E-state index contributed by atoms with van der Waals surface area (Å²) < 4.78 is 8.11. The molecular weight excluding hydrogens is 645 g/mol. The molecule has 3 heterocycles. The highest BCUT2D eigenvalue weighted by atomic mass is 32.2. The van der Waals surface area contributed by atoms with Gasteiger partial charge in [-0.05, 0) is 79.7 Å². The van der Waals surface area contributed by atoms with E-state index in [1.54, 1.807) is 48.5 Å². The number of imide groups is 1. The van der Waals surface area contributed by atoms with Crippen molar-refractivity contribution in [3.63, 3.8) is 0 Å². The lowest BCUT2D eigenvalue weighted by atomic mass is 10.0. The molecule has 6 rings (SSSR count). The number of carbonyl (C=O) groups is 4. The van der Waals surface area contributed by atoms with E-state index in [2.05, 4.69) is 16.5 Å². The van der Waals surface area contributed by atoms with Gasteiger partial charge >= 0.3 is 0 Å². The number of fused-ring (bicyclic) bond motifs is 1. The number of hydrogen-bond acceptors (Lipinski definition) is 8. The SMILES string of the molecule is C=C(C)CCN1C(=O)S/C(=C\c2ccc(Sc3nc4ccccc4n3CCCNC(=O)c3ccc(C(=O)c4ccccc4)cc3)o2)C1=O. The number of ketones is 1. The first-order valence-corrected chi connectivity index (χ1v) is 17.0. The number of nitrogens with zero attached hydrogens (tertiary/aromatic N) is 3. The number of imidazole rings is 1. The van der Waals surface area contributed by atoms with E-state index < -0.39 is 0 Å². The Hall–Kier alpha value is -5.13. The molecule has 48 heavy (non-hydrogen) atoms. The quantitative estimate of drug-likeness (QED) is 0.0581. The first kappa shape index (κ1) is 32.8. The molecule has 5 aromatic rings. The fraction of sp³-hybridized carbons (Fsp3) is 0.162. The molecule has 3 aromatic carbocycles. The van der Waals surface area contributed by atoms with Crippen molar-refractivity contribution in [2.45, 2.75) is 36.6 Å². The first-order chi connectivity index (χ1) is 23.3. The number of benzene rings is 3. The molecule has 0 bridgehead atoms. The van der Waals surface area contributed by atoms with Gasteiger partial charge in [0.1, 0.15) is 5.76 Å². The lowest BCUT2D eigenvalue weighted by Crippen LogP contribution is -2.29. The van der Waals surface area contributed by atoms with Crippen molar-refractivity contribution in [3.05, 3.63) is 131 Å². The van der Waals surface area contributed by atoms with Gasteiger partial charge in [-0.15, -0.1) is 6.58 Å². The smallest absolute Gasteiger partial charge is 0.293 e. The predicted octanol–water partition coefficient (Wildman–Crippen LogP) is 7.83. The Kier molecular flexibility index (Phi) is 10.1. The van der Waals surface area contributed by atoms with Crippen LogP contribution in [0.4, 0.5) is 4.79 Å². The van der Waals surface area contributed by atoms with E-state index in [4.69, 9.17) is 9.40 Å². The summed E-state index contributed by atoms with van der Waals surface area (Å²) in [5.41, 5.74) is 4.31. The number of thioether (sulfide) groups is 1. The summed E-state index contributed by atoms with van der Waals surface area (Å²) in [5.74, 6) is -0.172. The number of nitrogens with one attached hydrogen (secondary N) is 1. The average Bonchev–Trinajstić information content (AvgIpc) is 3.76. The molecule has 0 radical (unpaired) electrons. The third kappa shape index (κ3) is 7.53. The molecule has 0 unspecified atom stereocenters. The van der Waals surface area contributed by atoms with Crippen LogP contribution in [0.15, 0.2) is 123 Å². The topological polar surface area (TPSA) is 115 Å². The van der Waals surface area contributed by atoms with Crippen LogP contribution in [-0.4, -0.2) is 50.4 Å². The van der Waals surface area contributed by atoms with Gasteiger partial charge in [0.2, 0.25) is 0 Å². The van der Waals surface area contributed by atoms with Gasteiger partial charge < -0.3 is 14.3 Å². The van der Waals surface area contributed by atoms with Gasteiger partial charge in [-0.2, -0.15) is 0 Å². The zero-order valence-electron chi connectivity index (χ0n) is 26.2. The Balaban J connectivity index is 1.07. The van der Waals surface area contributed by atoms with Gasteiger partial charge in [-0.3, -0.25) is 24.1 Å². The number of aryl methyl sites for hydroxylation is 1. The minimum atomic E-state index is -0.332. The van der Waals surface area contributed by atoms with Crippen LogP contribution in [0.2, 0.25) is 0 Å². The van der Waals surface area contributed by atoms with Gasteiger partial charge in [0.25, 0.3) is 17.1 Å². The van der Waals surface area contributed by atoms with Crippen molar-refractivity contribution >= 4 is 63.5 Å². The highest BCUT2D eigenvalue weighted by Gasteiger charge is 2.34. The summed E-state index contributed by atoms with van der Waals surface area (Å²) in [6.07, 6.45) is 2.80. The summed E-state index contributed by atoms with van der Waals surface area (Å²) in [6.45, 7) is 7.05. The summed E-state index contributed by atoms with van der Waals surface area (Å²) in [6, 6.07) is 27.1. The lowest BCUT2D eigenvalue weighted by Gasteiger charge is -2.11. The molecular formula is C37H32N4O5S2. The molecule has 242 valence electrons. The second-order valence-electron chi connectivity index (χ2n) is 11.2. The Morgan fingerprint density at radius 2 is 1.62 bits per heavy atom. The number of para-hydroxylation sites is 2. The summed E-state index contributed by atoms with van der Waals surface area (Å²) in [4.78, 5) is 57.1. The number of rotatable bonds is 13. The molecule has 1 fully saturated rings. The number of aromatic nitrogens is 2. The largest absolute Gasteiger partial charge is 0.450 e. The molecule has 1 aliphatic heterocycles. The minimum Gasteiger partial charge on any atom is -0.450 e. The van der Waals surface area contributed by atoms with Gasteiger partial charge in [-0.1, -0.05) is 60.2 Å². The van der Waals surface area contributed by atoms with Crippen molar-refractivity contribution in [1.29, 1.82) is 0 Å².